The van der Waals surface area contributed by atoms with Crippen LogP contribution in [-0.2, 0) is 9.53 Å². The van der Waals surface area contributed by atoms with Crippen LogP contribution in [0, 0.1) is 5.92 Å². The maximum atomic E-state index is 12.9. The van der Waals surface area contributed by atoms with Crippen molar-refractivity contribution in [2.75, 3.05) is 44.2 Å². The summed E-state index contributed by atoms with van der Waals surface area (Å²) in [6.45, 7) is 9.72. The van der Waals surface area contributed by atoms with Crippen molar-refractivity contribution in [3.05, 3.63) is 29.3 Å². The van der Waals surface area contributed by atoms with Gasteiger partial charge in [-0.05, 0) is 45.7 Å². The van der Waals surface area contributed by atoms with Crippen molar-refractivity contribution in [3.8, 4) is 0 Å². The fourth-order valence-corrected chi connectivity index (χ4v) is 4.02. The van der Waals surface area contributed by atoms with Gasteiger partial charge in [0.25, 0.3) is 0 Å². The minimum absolute atomic E-state index is 0.00875. The number of hydrogen-bond acceptors (Lipinski definition) is 4. The molecule has 2 fully saturated rings. The smallest absolute Gasteiger partial charge is 0.410 e. The molecule has 1 aromatic carbocycles. The minimum atomic E-state index is -0.495. The molecule has 6 nitrogen and oxygen atoms in total. The summed E-state index contributed by atoms with van der Waals surface area (Å²) in [5.74, 6) is 0.202. The molecule has 0 aromatic heterocycles. The van der Waals surface area contributed by atoms with Gasteiger partial charge in [-0.15, -0.1) is 0 Å². The lowest BCUT2D eigenvalue weighted by Gasteiger charge is -2.39. The van der Waals surface area contributed by atoms with E-state index in [0.717, 1.165) is 23.8 Å². The number of anilines is 1. The second kappa shape index (κ2) is 8.60. The van der Waals surface area contributed by atoms with Crippen molar-refractivity contribution in [1.82, 2.24) is 9.80 Å². The molecule has 2 saturated heterocycles. The highest BCUT2D eigenvalue weighted by Gasteiger charge is 2.33. The van der Waals surface area contributed by atoms with Crippen LogP contribution < -0.4 is 4.90 Å². The molecule has 3 rings (SSSR count). The fraction of sp³-hybridized carbons (Fsp3) is 0.619. The van der Waals surface area contributed by atoms with Crippen molar-refractivity contribution < 1.29 is 14.3 Å². The third kappa shape index (κ3) is 5.10. The number of likely N-dealkylation sites (tertiary alicyclic amines) is 1. The number of ether oxygens (including phenoxy) is 1. The Bertz CT molecular complexity index is 703. The van der Waals surface area contributed by atoms with Crippen LogP contribution in [0.15, 0.2) is 24.3 Å². The van der Waals surface area contributed by atoms with Gasteiger partial charge in [-0.1, -0.05) is 23.7 Å². The molecule has 2 aliphatic heterocycles. The summed E-state index contributed by atoms with van der Waals surface area (Å²) in [5.41, 5.74) is 0.535. The molecule has 154 valence electrons. The second-order valence-corrected chi connectivity index (χ2v) is 8.91. The highest BCUT2D eigenvalue weighted by molar-refractivity contribution is 6.33. The SMILES string of the molecule is CC(C)(C)OC(=O)N1CCC(C(=O)N2CCN(c3ccccc3Cl)CC2)CC1. The van der Waals surface area contributed by atoms with Gasteiger partial charge in [-0.3, -0.25) is 4.79 Å². The summed E-state index contributed by atoms with van der Waals surface area (Å²) >= 11 is 6.29. The van der Waals surface area contributed by atoms with Crippen molar-refractivity contribution >= 4 is 29.3 Å². The average molecular weight is 408 g/mol. The Morgan fingerprint density at radius 1 is 0.964 bits per heavy atom. The Hall–Kier alpha value is -1.95. The Balaban J connectivity index is 1.47. The fourth-order valence-electron chi connectivity index (χ4n) is 3.77. The molecule has 28 heavy (non-hydrogen) atoms. The number of carbonyl (C=O) groups excluding carboxylic acids is 2. The first kappa shape index (κ1) is 20.8. The number of benzene rings is 1. The summed E-state index contributed by atoms with van der Waals surface area (Å²) in [6.07, 6.45) is 1.11. The lowest BCUT2D eigenvalue weighted by Crippen LogP contribution is -2.52. The zero-order valence-electron chi connectivity index (χ0n) is 17.0. The van der Waals surface area contributed by atoms with Gasteiger partial charge < -0.3 is 19.4 Å². The monoisotopic (exact) mass is 407 g/mol. The molecule has 0 aliphatic carbocycles. The number of amides is 2. The quantitative estimate of drug-likeness (QED) is 0.751. The summed E-state index contributed by atoms with van der Waals surface area (Å²) < 4.78 is 5.43. The van der Waals surface area contributed by atoms with Crippen molar-refractivity contribution in [2.45, 2.75) is 39.2 Å². The van der Waals surface area contributed by atoms with Gasteiger partial charge in [-0.25, -0.2) is 4.79 Å². The number of para-hydroxylation sites is 1. The summed E-state index contributed by atoms with van der Waals surface area (Å²) in [7, 11) is 0. The molecular weight excluding hydrogens is 378 g/mol. The van der Waals surface area contributed by atoms with Crippen LogP contribution >= 0.6 is 11.6 Å². The molecule has 0 saturated carbocycles. The van der Waals surface area contributed by atoms with Crippen LogP contribution in [0.4, 0.5) is 10.5 Å². The first-order chi connectivity index (χ1) is 13.2. The van der Waals surface area contributed by atoms with E-state index >= 15 is 0 Å². The maximum Gasteiger partial charge on any atom is 0.410 e. The van der Waals surface area contributed by atoms with Gasteiger partial charge in [0, 0.05) is 45.2 Å². The summed E-state index contributed by atoms with van der Waals surface area (Å²) in [6, 6.07) is 7.82. The maximum absolute atomic E-state index is 12.9. The second-order valence-electron chi connectivity index (χ2n) is 8.51. The van der Waals surface area contributed by atoms with Crippen molar-refractivity contribution in [1.29, 1.82) is 0 Å². The third-order valence-electron chi connectivity index (χ3n) is 5.28. The lowest BCUT2D eigenvalue weighted by molar-refractivity contribution is -0.137. The van der Waals surface area contributed by atoms with Gasteiger partial charge >= 0.3 is 6.09 Å². The van der Waals surface area contributed by atoms with E-state index in [4.69, 9.17) is 16.3 Å². The number of rotatable bonds is 2. The first-order valence-corrected chi connectivity index (χ1v) is 10.4. The molecule has 0 radical (unpaired) electrons. The van der Waals surface area contributed by atoms with Gasteiger partial charge in [0.15, 0.2) is 0 Å². The predicted molar refractivity (Wildman–Crippen MR) is 111 cm³/mol. The number of carbonyl (C=O) groups is 2. The zero-order valence-corrected chi connectivity index (χ0v) is 17.7. The van der Waals surface area contributed by atoms with E-state index in [2.05, 4.69) is 4.90 Å². The predicted octanol–water partition coefficient (Wildman–Crippen LogP) is 3.64. The van der Waals surface area contributed by atoms with E-state index in [1.807, 2.05) is 49.9 Å². The highest BCUT2D eigenvalue weighted by atomic mass is 35.5. The number of nitrogens with zero attached hydrogens (tertiary/aromatic N) is 3. The highest BCUT2D eigenvalue weighted by Crippen LogP contribution is 2.27. The van der Waals surface area contributed by atoms with Crippen LogP contribution in [-0.4, -0.2) is 66.7 Å². The first-order valence-electron chi connectivity index (χ1n) is 10.0. The molecule has 2 amide bonds. The third-order valence-corrected chi connectivity index (χ3v) is 5.60. The van der Waals surface area contributed by atoms with E-state index in [0.29, 0.717) is 39.0 Å². The van der Waals surface area contributed by atoms with Crippen LogP contribution in [0.3, 0.4) is 0 Å². The van der Waals surface area contributed by atoms with Gasteiger partial charge in [0.2, 0.25) is 5.91 Å². The van der Waals surface area contributed by atoms with Gasteiger partial charge in [0.05, 0.1) is 10.7 Å². The largest absolute Gasteiger partial charge is 0.444 e. The van der Waals surface area contributed by atoms with E-state index in [-0.39, 0.29) is 17.9 Å². The Morgan fingerprint density at radius 2 is 1.57 bits per heavy atom. The molecule has 2 aliphatic rings. The topological polar surface area (TPSA) is 53.1 Å². The van der Waals surface area contributed by atoms with E-state index < -0.39 is 5.60 Å². The van der Waals surface area contributed by atoms with E-state index in [1.165, 1.54) is 0 Å². The molecule has 0 N–H and O–H groups in total. The molecule has 2 heterocycles. The molecule has 7 heteroatoms. The minimum Gasteiger partial charge on any atom is -0.444 e. The number of piperazine rings is 1. The zero-order chi connectivity index (χ0) is 20.3. The van der Waals surface area contributed by atoms with Crippen molar-refractivity contribution in [2.24, 2.45) is 5.92 Å². The number of hydrogen-bond donors (Lipinski definition) is 0. The van der Waals surface area contributed by atoms with Gasteiger partial charge in [0.1, 0.15) is 5.60 Å². The lowest BCUT2D eigenvalue weighted by atomic mass is 9.95. The normalized spacial score (nSPS) is 18.9. The van der Waals surface area contributed by atoms with Crippen LogP contribution in [0.2, 0.25) is 5.02 Å². The summed E-state index contributed by atoms with van der Waals surface area (Å²) in [4.78, 5) is 31.0. The summed E-state index contributed by atoms with van der Waals surface area (Å²) in [5, 5.41) is 0.747. The van der Waals surface area contributed by atoms with E-state index in [1.54, 1.807) is 4.90 Å². The molecule has 0 unspecified atom stereocenters. The number of halogens is 1. The van der Waals surface area contributed by atoms with Gasteiger partial charge in [-0.2, -0.15) is 0 Å². The van der Waals surface area contributed by atoms with Crippen molar-refractivity contribution in [3.63, 3.8) is 0 Å². The molecule has 0 spiro atoms. The van der Waals surface area contributed by atoms with Crippen LogP contribution in [0.1, 0.15) is 33.6 Å². The van der Waals surface area contributed by atoms with Crippen LogP contribution in [0.5, 0.6) is 0 Å². The Morgan fingerprint density at radius 3 is 2.14 bits per heavy atom. The molecule has 1 aromatic rings. The Kier molecular flexibility index (Phi) is 6.38. The molecular formula is C21H30ClN3O3. The van der Waals surface area contributed by atoms with Crippen LogP contribution in [0.25, 0.3) is 0 Å². The number of piperidine rings is 1. The average Bonchev–Trinajstić information content (AvgIpc) is 2.67. The van der Waals surface area contributed by atoms with E-state index in [9.17, 15) is 9.59 Å². The standard InChI is InChI=1S/C21H30ClN3O3/c1-21(2,3)28-20(27)25-10-8-16(9-11-25)19(26)24-14-12-23(13-15-24)18-7-5-4-6-17(18)22/h4-7,16H,8-15H2,1-3H3. The Labute approximate surface area is 172 Å². The molecule has 0 bridgehead atoms. The molecule has 0 atom stereocenters.